The average Bonchev–Trinajstić information content (AvgIpc) is 2.33. The summed E-state index contributed by atoms with van der Waals surface area (Å²) in [5, 5.41) is 11.6. The van der Waals surface area contributed by atoms with Crippen LogP contribution in [0.2, 0.25) is 0 Å². The molecule has 16 heavy (non-hydrogen) atoms. The standard InChI is InChI=1S/C12H20N4/c1-3-11-8-16(10(2)7-13-11)9-12-5-4-6-14-15-12/h4-6,10-11,13H,3,7-9H2,1-2H3. The Morgan fingerprint density at radius 2 is 2.44 bits per heavy atom. The predicted molar refractivity (Wildman–Crippen MR) is 64.0 cm³/mol. The van der Waals surface area contributed by atoms with Crippen molar-refractivity contribution in [1.29, 1.82) is 0 Å². The van der Waals surface area contributed by atoms with Gasteiger partial charge >= 0.3 is 0 Å². The number of aromatic nitrogens is 2. The Kier molecular flexibility index (Phi) is 3.85. The smallest absolute Gasteiger partial charge is 0.0771 e. The van der Waals surface area contributed by atoms with E-state index >= 15 is 0 Å². The molecule has 0 radical (unpaired) electrons. The summed E-state index contributed by atoms with van der Waals surface area (Å²) in [6.45, 7) is 7.57. The van der Waals surface area contributed by atoms with E-state index < -0.39 is 0 Å². The fraction of sp³-hybridized carbons (Fsp3) is 0.667. The molecule has 4 nitrogen and oxygen atoms in total. The molecule has 0 aromatic carbocycles. The van der Waals surface area contributed by atoms with Crippen molar-refractivity contribution in [2.45, 2.75) is 38.9 Å². The highest BCUT2D eigenvalue weighted by atomic mass is 15.2. The number of nitrogens with zero attached hydrogens (tertiary/aromatic N) is 3. The van der Waals surface area contributed by atoms with Gasteiger partial charge in [0.15, 0.2) is 0 Å². The Balaban J connectivity index is 1.97. The maximum atomic E-state index is 4.15. The van der Waals surface area contributed by atoms with Crippen LogP contribution in [0.5, 0.6) is 0 Å². The van der Waals surface area contributed by atoms with Crippen LogP contribution in [0.25, 0.3) is 0 Å². The van der Waals surface area contributed by atoms with Crippen LogP contribution in [0.3, 0.4) is 0 Å². The lowest BCUT2D eigenvalue weighted by Gasteiger charge is -2.38. The molecule has 2 heterocycles. The number of piperazine rings is 1. The molecule has 1 fully saturated rings. The van der Waals surface area contributed by atoms with Gasteiger partial charge < -0.3 is 5.32 Å². The van der Waals surface area contributed by atoms with Crippen LogP contribution in [0.1, 0.15) is 26.0 Å². The van der Waals surface area contributed by atoms with Gasteiger partial charge in [-0.2, -0.15) is 10.2 Å². The van der Waals surface area contributed by atoms with Gasteiger partial charge in [0.05, 0.1) is 5.69 Å². The first-order chi connectivity index (χ1) is 7.79. The molecule has 2 unspecified atom stereocenters. The van der Waals surface area contributed by atoms with E-state index in [9.17, 15) is 0 Å². The van der Waals surface area contributed by atoms with Crippen LogP contribution < -0.4 is 5.32 Å². The Morgan fingerprint density at radius 1 is 1.56 bits per heavy atom. The van der Waals surface area contributed by atoms with E-state index in [1.165, 1.54) is 6.42 Å². The van der Waals surface area contributed by atoms with E-state index in [1.54, 1.807) is 6.20 Å². The van der Waals surface area contributed by atoms with Crippen molar-refractivity contribution in [2.75, 3.05) is 13.1 Å². The lowest BCUT2D eigenvalue weighted by atomic mass is 10.1. The molecule has 0 amide bonds. The fourth-order valence-corrected chi connectivity index (χ4v) is 2.11. The van der Waals surface area contributed by atoms with Gasteiger partial charge in [-0.1, -0.05) is 6.92 Å². The van der Waals surface area contributed by atoms with Crippen molar-refractivity contribution < 1.29 is 0 Å². The molecular weight excluding hydrogens is 200 g/mol. The van der Waals surface area contributed by atoms with Crippen LogP contribution in [-0.2, 0) is 6.54 Å². The number of nitrogens with one attached hydrogen (secondary N) is 1. The zero-order chi connectivity index (χ0) is 11.4. The highest BCUT2D eigenvalue weighted by Gasteiger charge is 2.23. The second-order valence-electron chi connectivity index (χ2n) is 4.51. The van der Waals surface area contributed by atoms with Crippen LogP contribution in [0, 0.1) is 0 Å². The first-order valence-electron chi connectivity index (χ1n) is 6.03. The quantitative estimate of drug-likeness (QED) is 0.826. The van der Waals surface area contributed by atoms with Gasteiger partial charge in [0, 0.05) is 37.9 Å². The molecule has 88 valence electrons. The Hall–Kier alpha value is -1.00. The van der Waals surface area contributed by atoms with E-state index in [2.05, 4.69) is 34.3 Å². The highest BCUT2D eigenvalue weighted by Crippen LogP contribution is 2.11. The summed E-state index contributed by atoms with van der Waals surface area (Å²) in [4.78, 5) is 2.48. The third-order valence-electron chi connectivity index (χ3n) is 3.27. The summed E-state index contributed by atoms with van der Waals surface area (Å²) >= 11 is 0. The summed E-state index contributed by atoms with van der Waals surface area (Å²) in [5.74, 6) is 0. The van der Waals surface area contributed by atoms with Crippen molar-refractivity contribution >= 4 is 0 Å². The monoisotopic (exact) mass is 220 g/mol. The maximum Gasteiger partial charge on any atom is 0.0771 e. The van der Waals surface area contributed by atoms with Gasteiger partial charge in [0.2, 0.25) is 0 Å². The van der Waals surface area contributed by atoms with Crippen LogP contribution in [-0.4, -0.2) is 40.3 Å². The summed E-state index contributed by atoms with van der Waals surface area (Å²) in [5.41, 5.74) is 1.06. The molecule has 1 aliphatic heterocycles. The fourth-order valence-electron chi connectivity index (χ4n) is 2.11. The van der Waals surface area contributed by atoms with Crippen molar-refractivity contribution in [3.05, 3.63) is 24.0 Å². The molecule has 4 heteroatoms. The maximum absolute atomic E-state index is 4.15. The third kappa shape index (κ3) is 2.77. The number of hydrogen-bond acceptors (Lipinski definition) is 4. The molecular formula is C12H20N4. The van der Waals surface area contributed by atoms with Crippen molar-refractivity contribution in [2.24, 2.45) is 0 Å². The minimum atomic E-state index is 0.574. The zero-order valence-corrected chi connectivity index (χ0v) is 10.1. The highest BCUT2D eigenvalue weighted by molar-refractivity contribution is 5.00. The van der Waals surface area contributed by atoms with Gasteiger partial charge in [-0.3, -0.25) is 4.90 Å². The van der Waals surface area contributed by atoms with E-state index in [4.69, 9.17) is 0 Å². The molecule has 0 aliphatic carbocycles. The lowest BCUT2D eigenvalue weighted by Crippen LogP contribution is -2.54. The topological polar surface area (TPSA) is 41.1 Å². The second kappa shape index (κ2) is 5.37. The summed E-state index contributed by atoms with van der Waals surface area (Å²) in [6.07, 6.45) is 2.91. The van der Waals surface area contributed by atoms with Crippen LogP contribution in [0.15, 0.2) is 18.3 Å². The molecule has 1 aliphatic rings. The van der Waals surface area contributed by atoms with E-state index in [0.717, 1.165) is 25.3 Å². The average molecular weight is 220 g/mol. The van der Waals surface area contributed by atoms with Gasteiger partial charge in [-0.25, -0.2) is 0 Å². The molecule has 2 atom stereocenters. The summed E-state index contributed by atoms with van der Waals surface area (Å²) < 4.78 is 0. The normalized spacial score (nSPS) is 26.9. The summed E-state index contributed by atoms with van der Waals surface area (Å²) in [7, 11) is 0. The van der Waals surface area contributed by atoms with Gasteiger partial charge in [-0.15, -0.1) is 0 Å². The Bertz CT molecular complexity index is 314. The molecule has 1 aromatic rings. The Labute approximate surface area is 97.1 Å². The lowest BCUT2D eigenvalue weighted by molar-refractivity contribution is 0.129. The SMILES string of the molecule is CCC1CN(Cc2cccnn2)C(C)CN1. The second-order valence-corrected chi connectivity index (χ2v) is 4.51. The van der Waals surface area contributed by atoms with Gasteiger partial charge in [0.25, 0.3) is 0 Å². The molecule has 1 saturated heterocycles. The predicted octanol–water partition coefficient (Wildman–Crippen LogP) is 1.05. The van der Waals surface area contributed by atoms with Crippen molar-refractivity contribution in [3.8, 4) is 0 Å². The van der Waals surface area contributed by atoms with Crippen molar-refractivity contribution in [1.82, 2.24) is 20.4 Å². The first kappa shape index (κ1) is 11.5. The molecule has 0 spiro atoms. The minimum absolute atomic E-state index is 0.574. The van der Waals surface area contributed by atoms with Gasteiger partial charge in [-0.05, 0) is 25.5 Å². The van der Waals surface area contributed by atoms with Crippen LogP contribution >= 0.6 is 0 Å². The van der Waals surface area contributed by atoms with Crippen molar-refractivity contribution in [3.63, 3.8) is 0 Å². The zero-order valence-electron chi connectivity index (χ0n) is 10.1. The van der Waals surface area contributed by atoms with E-state index in [-0.39, 0.29) is 0 Å². The Morgan fingerprint density at radius 3 is 3.12 bits per heavy atom. The molecule has 1 aromatic heterocycles. The van der Waals surface area contributed by atoms with E-state index in [1.807, 2.05) is 12.1 Å². The van der Waals surface area contributed by atoms with Gasteiger partial charge in [0.1, 0.15) is 0 Å². The first-order valence-corrected chi connectivity index (χ1v) is 6.03. The third-order valence-corrected chi connectivity index (χ3v) is 3.27. The minimum Gasteiger partial charge on any atom is -0.311 e. The number of rotatable bonds is 3. The molecule has 0 bridgehead atoms. The molecule has 0 saturated carbocycles. The largest absolute Gasteiger partial charge is 0.311 e. The number of hydrogen-bond donors (Lipinski definition) is 1. The molecule has 2 rings (SSSR count). The van der Waals surface area contributed by atoms with Crippen LogP contribution in [0.4, 0.5) is 0 Å². The molecule has 1 N–H and O–H groups in total. The summed E-state index contributed by atoms with van der Waals surface area (Å²) in [6, 6.07) is 5.19. The van der Waals surface area contributed by atoms with E-state index in [0.29, 0.717) is 12.1 Å².